The number of nitrogens with one attached hydrogen (secondary N) is 1. The van der Waals surface area contributed by atoms with Gasteiger partial charge in [-0.25, -0.2) is 4.98 Å². The standard InChI is InChI=1S/C14H22N2S/c1-10-4-2-5-11(8-10)14-16-13(9-17-14)12-6-3-7-15-12/h9-12,15H,2-8H2,1H3/t10?,11?,12-/m0/s1. The highest BCUT2D eigenvalue weighted by Gasteiger charge is 2.25. The van der Waals surface area contributed by atoms with E-state index in [9.17, 15) is 0 Å². The predicted molar refractivity (Wildman–Crippen MR) is 72.5 cm³/mol. The van der Waals surface area contributed by atoms with Gasteiger partial charge in [0.25, 0.3) is 0 Å². The second-order valence-corrected chi connectivity index (χ2v) is 6.62. The summed E-state index contributed by atoms with van der Waals surface area (Å²) in [6.45, 7) is 3.55. The minimum atomic E-state index is 0.543. The fourth-order valence-electron chi connectivity index (χ4n) is 3.24. The normalized spacial score (nSPS) is 34.1. The van der Waals surface area contributed by atoms with Gasteiger partial charge in [-0.15, -0.1) is 11.3 Å². The van der Waals surface area contributed by atoms with Crippen molar-refractivity contribution < 1.29 is 0 Å². The maximum absolute atomic E-state index is 4.91. The summed E-state index contributed by atoms with van der Waals surface area (Å²) >= 11 is 1.89. The number of thiazole rings is 1. The number of nitrogens with zero attached hydrogens (tertiary/aromatic N) is 1. The number of rotatable bonds is 2. The summed E-state index contributed by atoms with van der Waals surface area (Å²) in [5, 5.41) is 7.23. The van der Waals surface area contributed by atoms with E-state index in [-0.39, 0.29) is 0 Å². The third-order valence-electron chi connectivity index (χ3n) is 4.24. The van der Waals surface area contributed by atoms with Crippen molar-refractivity contribution >= 4 is 11.3 Å². The van der Waals surface area contributed by atoms with E-state index >= 15 is 0 Å². The van der Waals surface area contributed by atoms with Gasteiger partial charge >= 0.3 is 0 Å². The Bertz CT molecular complexity index is 368. The number of aromatic nitrogens is 1. The van der Waals surface area contributed by atoms with Crippen LogP contribution in [0.1, 0.15) is 68.1 Å². The Balaban J connectivity index is 1.70. The molecule has 0 radical (unpaired) electrons. The molecule has 0 aromatic carbocycles. The van der Waals surface area contributed by atoms with Crippen LogP contribution < -0.4 is 5.32 Å². The van der Waals surface area contributed by atoms with Crippen LogP contribution in [-0.4, -0.2) is 11.5 Å². The zero-order valence-electron chi connectivity index (χ0n) is 10.6. The monoisotopic (exact) mass is 250 g/mol. The van der Waals surface area contributed by atoms with Crippen molar-refractivity contribution in [3.05, 3.63) is 16.1 Å². The van der Waals surface area contributed by atoms with E-state index in [1.165, 1.54) is 49.2 Å². The van der Waals surface area contributed by atoms with Crippen molar-refractivity contribution in [1.29, 1.82) is 0 Å². The van der Waals surface area contributed by atoms with E-state index in [1.54, 1.807) is 0 Å². The average Bonchev–Trinajstić information content (AvgIpc) is 3.00. The molecule has 0 bridgehead atoms. The summed E-state index contributed by atoms with van der Waals surface area (Å²) in [7, 11) is 0. The molecule has 3 heteroatoms. The quantitative estimate of drug-likeness (QED) is 0.862. The zero-order valence-corrected chi connectivity index (χ0v) is 11.4. The van der Waals surface area contributed by atoms with Crippen LogP contribution in [0.15, 0.2) is 5.38 Å². The van der Waals surface area contributed by atoms with E-state index in [4.69, 9.17) is 4.98 Å². The molecule has 0 amide bonds. The summed E-state index contributed by atoms with van der Waals surface area (Å²) < 4.78 is 0. The van der Waals surface area contributed by atoms with Gasteiger partial charge in [-0.1, -0.05) is 19.8 Å². The molecule has 2 nitrogen and oxygen atoms in total. The first-order valence-electron chi connectivity index (χ1n) is 7.01. The lowest BCUT2D eigenvalue weighted by atomic mass is 9.83. The first kappa shape index (κ1) is 11.7. The predicted octanol–water partition coefficient (Wildman–Crippen LogP) is 3.86. The third kappa shape index (κ3) is 2.55. The Kier molecular flexibility index (Phi) is 3.48. The third-order valence-corrected chi connectivity index (χ3v) is 5.27. The van der Waals surface area contributed by atoms with Crippen molar-refractivity contribution in [2.75, 3.05) is 6.54 Å². The molecule has 0 spiro atoms. The Labute approximate surface area is 108 Å². The van der Waals surface area contributed by atoms with Gasteiger partial charge in [0.2, 0.25) is 0 Å². The summed E-state index contributed by atoms with van der Waals surface area (Å²) in [5.41, 5.74) is 1.31. The lowest BCUT2D eigenvalue weighted by Crippen LogP contribution is -2.14. The van der Waals surface area contributed by atoms with Crippen molar-refractivity contribution in [3.63, 3.8) is 0 Å². The molecule has 1 aliphatic heterocycles. The van der Waals surface area contributed by atoms with Crippen LogP contribution in [-0.2, 0) is 0 Å². The van der Waals surface area contributed by atoms with E-state index in [2.05, 4.69) is 17.6 Å². The highest BCUT2D eigenvalue weighted by molar-refractivity contribution is 7.09. The number of hydrogen-bond donors (Lipinski definition) is 1. The zero-order chi connectivity index (χ0) is 11.7. The van der Waals surface area contributed by atoms with Gasteiger partial charge in [-0.2, -0.15) is 0 Å². The Morgan fingerprint density at radius 2 is 2.24 bits per heavy atom. The smallest absolute Gasteiger partial charge is 0.0960 e. The van der Waals surface area contributed by atoms with E-state index in [0.29, 0.717) is 6.04 Å². The molecular weight excluding hydrogens is 228 g/mol. The van der Waals surface area contributed by atoms with Gasteiger partial charge in [0.1, 0.15) is 0 Å². The van der Waals surface area contributed by atoms with Crippen LogP contribution in [0.5, 0.6) is 0 Å². The molecule has 1 saturated carbocycles. The topological polar surface area (TPSA) is 24.9 Å². The molecule has 1 N–H and O–H groups in total. The molecule has 2 heterocycles. The fraction of sp³-hybridized carbons (Fsp3) is 0.786. The van der Waals surface area contributed by atoms with Crippen molar-refractivity contribution in [1.82, 2.24) is 10.3 Å². The molecule has 1 saturated heterocycles. The lowest BCUT2D eigenvalue weighted by Gasteiger charge is -2.24. The van der Waals surface area contributed by atoms with Crippen LogP contribution in [0.4, 0.5) is 0 Å². The van der Waals surface area contributed by atoms with Crippen molar-refractivity contribution in [2.24, 2.45) is 5.92 Å². The molecular formula is C14H22N2S. The van der Waals surface area contributed by atoms with Crippen LogP contribution in [0.2, 0.25) is 0 Å². The molecule has 1 aromatic rings. The summed E-state index contributed by atoms with van der Waals surface area (Å²) in [5.74, 6) is 1.64. The summed E-state index contributed by atoms with van der Waals surface area (Å²) in [6, 6.07) is 0.543. The summed E-state index contributed by atoms with van der Waals surface area (Å²) in [4.78, 5) is 4.91. The van der Waals surface area contributed by atoms with Gasteiger partial charge in [-0.3, -0.25) is 0 Å². The molecule has 94 valence electrons. The Morgan fingerprint density at radius 1 is 1.29 bits per heavy atom. The highest BCUT2D eigenvalue weighted by atomic mass is 32.1. The van der Waals surface area contributed by atoms with E-state index in [0.717, 1.165) is 18.4 Å². The molecule has 3 rings (SSSR count). The van der Waals surface area contributed by atoms with Crippen LogP contribution in [0, 0.1) is 5.92 Å². The van der Waals surface area contributed by atoms with Crippen molar-refractivity contribution in [2.45, 2.75) is 57.4 Å². The molecule has 1 aliphatic carbocycles. The van der Waals surface area contributed by atoms with Crippen LogP contribution in [0.25, 0.3) is 0 Å². The Hall–Kier alpha value is -0.410. The first-order valence-corrected chi connectivity index (χ1v) is 7.89. The SMILES string of the molecule is CC1CCCC(c2nc([C@@H]3CCCN3)cs2)C1. The largest absolute Gasteiger partial charge is 0.309 e. The van der Waals surface area contributed by atoms with E-state index in [1.807, 2.05) is 11.3 Å². The first-order chi connectivity index (χ1) is 8.33. The van der Waals surface area contributed by atoms with Gasteiger partial charge < -0.3 is 5.32 Å². The van der Waals surface area contributed by atoms with Gasteiger partial charge in [0.15, 0.2) is 0 Å². The maximum Gasteiger partial charge on any atom is 0.0960 e. The highest BCUT2D eigenvalue weighted by Crippen LogP contribution is 2.38. The molecule has 1 aromatic heterocycles. The lowest BCUT2D eigenvalue weighted by molar-refractivity contribution is 0.343. The maximum atomic E-state index is 4.91. The minimum Gasteiger partial charge on any atom is -0.309 e. The van der Waals surface area contributed by atoms with Gasteiger partial charge in [0.05, 0.1) is 16.7 Å². The molecule has 2 unspecified atom stereocenters. The van der Waals surface area contributed by atoms with Gasteiger partial charge in [0, 0.05) is 11.3 Å². The summed E-state index contributed by atoms with van der Waals surface area (Å²) in [6.07, 6.45) is 8.09. The molecule has 3 atom stereocenters. The average molecular weight is 250 g/mol. The fourth-order valence-corrected chi connectivity index (χ4v) is 4.27. The molecule has 2 aliphatic rings. The van der Waals surface area contributed by atoms with Crippen LogP contribution >= 0.6 is 11.3 Å². The molecule has 17 heavy (non-hydrogen) atoms. The second-order valence-electron chi connectivity index (χ2n) is 5.73. The second kappa shape index (κ2) is 5.07. The minimum absolute atomic E-state index is 0.543. The number of hydrogen-bond acceptors (Lipinski definition) is 3. The van der Waals surface area contributed by atoms with Gasteiger partial charge in [-0.05, 0) is 38.1 Å². The van der Waals surface area contributed by atoms with Crippen LogP contribution in [0.3, 0.4) is 0 Å². The Morgan fingerprint density at radius 3 is 3.00 bits per heavy atom. The molecule has 2 fully saturated rings. The van der Waals surface area contributed by atoms with E-state index < -0.39 is 0 Å². The van der Waals surface area contributed by atoms with Crippen molar-refractivity contribution in [3.8, 4) is 0 Å².